The van der Waals surface area contributed by atoms with Crippen LogP contribution in [-0.2, 0) is 0 Å². The molecule has 4 heterocycles. The molecule has 3 aromatic rings. The Labute approximate surface area is 140 Å². The molecule has 0 unspecified atom stereocenters. The van der Waals surface area contributed by atoms with Crippen molar-refractivity contribution >= 4 is 28.6 Å². The maximum absolute atomic E-state index is 12.6. The van der Waals surface area contributed by atoms with Crippen molar-refractivity contribution in [1.29, 1.82) is 0 Å². The van der Waals surface area contributed by atoms with E-state index < -0.39 is 0 Å². The fourth-order valence-electron chi connectivity index (χ4n) is 2.67. The zero-order valence-corrected chi connectivity index (χ0v) is 14.1. The van der Waals surface area contributed by atoms with Crippen LogP contribution in [-0.4, -0.2) is 39.0 Å². The summed E-state index contributed by atoms with van der Waals surface area (Å²) in [5.41, 5.74) is 0.515. The molecule has 0 spiro atoms. The van der Waals surface area contributed by atoms with Crippen molar-refractivity contribution in [1.82, 2.24) is 20.0 Å². The maximum atomic E-state index is 12.6. The van der Waals surface area contributed by atoms with Gasteiger partial charge in [0.05, 0.1) is 10.8 Å². The van der Waals surface area contributed by atoms with Crippen LogP contribution in [0.3, 0.4) is 0 Å². The first-order chi connectivity index (χ1) is 11.2. The van der Waals surface area contributed by atoms with Gasteiger partial charge in [0.15, 0.2) is 5.82 Å². The van der Waals surface area contributed by atoms with Crippen molar-refractivity contribution in [2.75, 3.05) is 13.1 Å². The molecule has 0 N–H and O–H groups in total. The predicted octanol–water partition coefficient (Wildman–Crippen LogP) is 3.19. The topological polar surface area (TPSA) is 72.1 Å². The summed E-state index contributed by atoms with van der Waals surface area (Å²) < 4.78 is 5.22. The molecule has 0 radical (unpaired) electrons. The number of thiazole rings is 1. The molecule has 0 aliphatic carbocycles. The highest BCUT2D eigenvalue weighted by Crippen LogP contribution is 2.30. The molecule has 0 aromatic carbocycles. The van der Waals surface area contributed by atoms with Gasteiger partial charge in [-0.05, 0) is 24.8 Å². The average molecular weight is 346 g/mol. The van der Waals surface area contributed by atoms with Crippen LogP contribution in [0.15, 0.2) is 27.4 Å². The average Bonchev–Trinajstić information content (AvgIpc) is 3.31. The molecule has 1 atom stereocenters. The van der Waals surface area contributed by atoms with Gasteiger partial charge in [0.25, 0.3) is 5.91 Å². The van der Waals surface area contributed by atoms with Crippen LogP contribution in [0.2, 0.25) is 0 Å². The van der Waals surface area contributed by atoms with Gasteiger partial charge in [-0.3, -0.25) is 4.79 Å². The van der Waals surface area contributed by atoms with Crippen LogP contribution in [0.1, 0.15) is 34.5 Å². The molecule has 6 nitrogen and oxygen atoms in total. The maximum Gasteiger partial charge on any atom is 0.273 e. The summed E-state index contributed by atoms with van der Waals surface area (Å²) in [7, 11) is 0. The van der Waals surface area contributed by atoms with Gasteiger partial charge < -0.3 is 9.42 Å². The van der Waals surface area contributed by atoms with Crippen LogP contribution >= 0.6 is 22.7 Å². The van der Waals surface area contributed by atoms with E-state index in [4.69, 9.17) is 4.52 Å². The second kappa shape index (κ2) is 5.86. The molecular formula is C15H14N4O2S2. The van der Waals surface area contributed by atoms with Crippen molar-refractivity contribution in [3.05, 3.63) is 40.3 Å². The van der Waals surface area contributed by atoms with E-state index >= 15 is 0 Å². The molecule has 4 rings (SSSR count). The Kier molecular flexibility index (Phi) is 3.70. The zero-order valence-electron chi connectivity index (χ0n) is 12.4. The third kappa shape index (κ3) is 2.79. The van der Waals surface area contributed by atoms with Crippen molar-refractivity contribution in [2.24, 2.45) is 0 Å². The van der Waals surface area contributed by atoms with Gasteiger partial charge in [-0.15, -0.1) is 22.7 Å². The Bertz CT molecular complexity index is 824. The van der Waals surface area contributed by atoms with E-state index in [-0.39, 0.29) is 11.8 Å². The van der Waals surface area contributed by atoms with E-state index in [1.807, 2.05) is 27.8 Å². The fourth-order valence-corrected chi connectivity index (χ4v) is 4.28. The monoisotopic (exact) mass is 346 g/mol. The molecule has 1 amide bonds. The lowest BCUT2D eigenvalue weighted by molar-refractivity contribution is 0.0784. The molecule has 8 heteroatoms. The molecular weight excluding hydrogens is 332 g/mol. The SMILES string of the molecule is Cc1noc([C@H]2CCN(C(=O)c3csc(-c4cccs4)n3)C2)n1. The van der Waals surface area contributed by atoms with Crippen LogP contribution < -0.4 is 0 Å². The summed E-state index contributed by atoms with van der Waals surface area (Å²) in [4.78, 5) is 24.3. The Hall–Kier alpha value is -2.06. The number of hydrogen-bond donors (Lipinski definition) is 0. The second-order valence-corrected chi connectivity index (χ2v) is 7.24. The summed E-state index contributed by atoms with van der Waals surface area (Å²) in [6, 6.07) is 4.00. The highest BCUT2D eigenvalue weighted by Gasteiger charge is 2.32. The molecule has 23 heavy (non-hydrogen) atoms. The lowest BCUT2D eigenvalue weighted by atomic mass is 10.1. The zero-order chi connectivity index (χ0) is 15.8. The molecule has 1 fully saturated rings. The first kappa shape index (κ1) is 14.5. The summed E-state index contributed by atoms with van der Waals surface area (Å²) in [6.45, 7) is 3.09. The van der Waals surface area contributed by atoms with E-state index in [1.54, 1.807) is 18.3 Å². The van der Waals surface area contributed by atoms with Crippen LogP contribution in [0.25, 0.3) is 9.88 Å². The van der Waals surface area contributed by atoms with Crippen molar-refractivity contribution in [2.45, 2.75) is 19.3 Å². The minimum Gasteiger partial charge on any atom is -0.339 e. The van der Waals surface area contributed by atoms with Crippen LogP contribution in [0.4, 0.5) is 0 Å². The first-order valence-electron chi connectivity index (χ1n) is 7.29. The summed E-state index contributed by atoms with van der Waals surface area (Å²) in [6.07, 6.45) is 0.843. The standard InChI is InChI=1S/C15H14N4O2S2/c1-9-16-13(21-18-9)10-4-5-19(7-10)15(20)11-8-23-14(17-11)12-3-2-6-22-12/h2-3,6,8,10H,4-5,7H2,1H3/t10-/m0/s1. The molecule has 1 saturated heterocycles. The minimum atomic E-state index is -0.0252. The molecule has 3 aromatic heterocycles. The first-order valence-corrected chi connectivity index (χ1v) is 9.05. The lowest BCUT2D eigenvalue weighted by Gasteiger charge is -2.13. The number of nitrogens with zero attached hydrogens (tertiary/aromatic N) is 4. The summed E-state index contributed by atoms with van der Waals surface area (Å²) in [5, 5.41) is 8.56. The Morgan fingerprint density at radius 1 is 1.39 bits per heavy atom. The minimum absolute atomic E-state index is 0.0252. The molecule has 118 valence electrons. The highest BCUT2D eigenvalue weighted by molar-refractivity contribution is 7.20. The third-order valence-electron chi connectivity index (χ3n) is 3.82. The van der Waals surface area contributed by atoms with Gasteiger partial charge in [-0.25, -0.2) is 4.98 Å². The normalized spacial score (nSPS) is 17.8. The number of thiophene rings is 1. The quantitative estimate of drug-likeness (QED) is 0.728. The number of aromatic nitrogens is 3. The van der Waals surface area contributed by atoms with E-state index in [0.717, 1.165) is 16.3 Å². The smallest absolute Gasteiger partial charge is 0.273 e. The number of hydrogen-bond acceptors (Lipinski definition) is 7. The van der Waals surface area contributed by atoms with Gasteiger partial charge in [-0.1, -0.05) is 11.2 Å². The summed E-state index contributed by atoms with van der Waals surface area (Å²) >= 11 is 3.13. The van der Waals surface area contributed by atoms with Gasteiger partial charge in [0.2, 0.25) is 5.89 Å². The van der Waals surface area contributed by atoms with Crippen molar-refractivity contribution < 1.29 is 9.32 Å². The number of rotatable bonds is 3. The number of aryl methyl sites for hydroxylation is 1. The molecule has 1 aliphatic rings. The summed E-state index contributed by atoms with van der Waals surface area (Å²) in [5.74, 6) is 1.35. The lowest BCUT2D eigenvalue weighted by Crippen LogP contribution is -2.28. The number of carbonyl (C=O) groups excluding carboxylic acids is 1. The predicted molar refractivity (Wildman–Crippen MR) is 87.7 cm³/mol. The van der Waals surface area contributed by atoms with E-state index in [2.05, 4.69) is 15.1 Å². The highest BCUT2D eigenvalue weighted by atomic mass is 32.1. The second-order valence-electron chi connectivity index (χ2n) is 5.43. The van der Waals surface area contributed by atoms with E-state index in [1.165, 1.54) is 11.3 Å². The van der Waals surface area contributed by atoms with Crippen molar-refractivity contribution in [3.8, 4) is 9.88 Å². The Morgan fingerprint density at radius 3 is 3.04 bits per heavy atom. The van der Waals surface area contributed by atoms with E-state index in [0.29, 0.717) is 30.5 Å². The van der Waals surface area contributed by atoms with Crippen LogP contribution in [0, 0.1) is 6.92 Å². The number of amides is 1. The van der Waals surface area contributed by atoms with Gasteiger partial charge >= 0.3 is 0 Å². The van der Waals surface area contributed by atoms with Crippen molar-refractivity contribution in [3.63, 3.8) is 0 Å². The molecule has 0 bridgehead atoms. The third-order valence-corrected chi connectivity index (χ3v) is 5.70. The Morgan fingerprint density at radius 2 is 2.30 bits per heavy atom. The van der Waals surface area contributed by atoms with Gasteiger partial charge in [0.1, 0.15) is 10.7 Å². The van der Waals surface area contributed by atoms with Gasteiger partial charge in [0, 0.05) is 18.5 Å². The number of carbonyl (C=O) groups is 1. The number of likely N-dealkylation sites (tertiary alicyclic amines) is 1. The largest absolute Gasteiger partial charge is 0.339 e. The van der Waals surface area contributed by atoms with E-state index in [9.17, 15) is 4.79 Å². The van der Waals surface area contributed by atoms with Crippen LogP contribution in [0.5, 0.6) is 0 Å². The molecule has 1 aliphatic heterocycles. The molecule has 0 saturated carbocycles. The Balaban J connectivity index is 1.48. The van der Waals surface area contributed by atoms with Gasteiger partial charge in [-0.2, -0.15) is 4.98 Å². The fraction of sp³-hybridized carbons (Fsp3) is 0.333.